The van der Waals surface area contributed by atoms with E-state index in [0.29, 0.717) is 27.8 Å². The number of benzene rings is 3. The molecule has 1 aromatic heterocycles. The van der Waals surface area contributed by atoms with Crippen LogP contribution in [0.3, 0.4) is 0 Å². The molecule has 0 fully saturated rings. The van der Waals surface area contributed by atoms with Crippen LogP contribution in [0.5, 0.6) is 11.5 Å². The summed E-state index contributed by atoms with van der Waals surface area (Å²) in [6, 6.07) is 28.9. The Balaban J connectivity index is 1.59. The number of amides is 1. The SMILES string of the molecule is COc1ccc(-c2cc(-c3ccccc3)nc(SCCC(=O)Nc3cccc(OC)c3)c2C#N)cc1. The number of hydrogen-bond donors (Lipinski definition) is 1. The van der Waals surface area contributed by atoms with E-state index in [1.807, 2.05) is 78.9 Å². The highest BCUT2D eigenvalue weighted by atomic mass is 32.2. The van der Waals surface area contributed by atoms with Crippen LogP contribution in [0.25, 0.3) is 22.4 Å². The maximum Gasteiger partial charge on any atom is 0.225 e. The first-order valence-corrected chi connectivity index (χ1v) is 12.3. The zero-order chi connectivity index (χ0) is 25.3. The molecule has 36 heavy (non-hydrogen) atoms. The molecule has 0 saturated heterocycles. The van der Waals surface area contributed by atoms with Crippen LogP contribution in [0.1, 0.15) is 12.0 Å². The third-order valence-corrected chi connectivity index (χ3v) is 6.47. The predicted molar refractivity (Wildman–Crippen MR) is 143 cm³/mol. The second-order valence-electron chi connectivity index (χ2n) is 7.82. The van der Waals surface area contributed by atoms with Gasteiger partial charge in [0.25, 0.3) is 0 Å². The molecule has 1 N–H and O–H groups in total. The molecule has 1 heterocycles. The van der Waals surface area contributed by atoms with Crippen LogP contribution in [0.2, 0.25) is 0 Å². The minimum Gasteiger partial charge on any atom is -0.497 e. The second kappa shape index (κ2) is 11.9. The summed E-state index contributed by atoms with van der Waals surface area (Å²) in [6.45, 7) is 0. The number of nitrogens with one attached hydrogen (secondary N) is 1. The molecule has 1 amide bonds. The summed E-state index contributed by atoms with van der Waals surface area (Å²) in [5.74, 6) is 1.77. The molecule has 0 aliphatic rings. The summed E-state index contributed by atoms with van der Waals surface area (Å²) in [4.78, 5) is 17.3. The molecule has 0 spiro atoms. The van der Waals surface area contributed by atoms with Gasteiger partial charge in [0.15, 0.2) is 0 Å². The number of hydrogen-bond acceptors (Lipinski definition) is 6. The van der Waals surface area contributed by atoms with Gasteiger partial charge in [0.1, 0.15) is 22.6 Å². The number of nitriles is 1. The highest BCUT2D eigenvalue weighted by molar-refractivity contribution is 7.99. The fraction of sp³-hybridized carbons (Fsp3) is 0.138. The Kier molecular flexibility index (Phi) is 8.22. The maximum atomic E-state index is 12.5. The highest BCUT2D eigenvalue weighted by Gasteiger charge is 2.16. The number of carbonyl (C=O) groups is 1. The van der Waals surface area contributed by atoms with Crippen molar-refractivity contribution in [2.24, 2.45) is 0 Å². The number of carbonyl (C=O) groups excluding carboxylic acids is 1. The number of aromatic nitrogens is 1. The van der Waals surface area contributed by atoms with Gasteiger partial charge in [0.05, 0.1) is 25.5 Å². The average Bonchev–Trinajstić information content (AvgIpc) is 2.93. The summed E-state index contributed by atoms with van der Waals surface area (Å²) in [6.07, 6.45) is 0.266. The van der Waals surface area contributed by atoms with Gasteiger partial charge in [-0.3, -0.25) is 4.79 Å². The molecule has 180 valence electrons. The van der Waals surface area contributed by atoms with Crippen LogP contribution in [0.4, 0.5) is 5.69 Å². The normalized spacial score (nSPS) is 10.4. The standard InChI is InChI=1S/C29H25N3O3S/c1-34-23-13-11-20(12-14-23)25-18-27(21-7-4-3-5-8-21)32-29(26(25)19-30)36-16-15-28(33)31-22-9-6-10-24(17-22)35-2/h3-14,17-18H,15-16H2,1-2H3,(H,31,33). The number of ether oxygens (including phenoxy) is 2. The summed E-state index contributed by atoms with van der Waals surface area (Å²) in [5.41, 5.74) is 4.56. The molecular formula is C29H25N3O3S. The molecule has 0 unspecified atom stereocenters. The van der Waals surface area contributed by atoms with Gasteiger partial charge in [-0.25, -0.2) is 4.98 Å². The molecule has 0 atom stereocenters. The van der Waals surface area contributed by atoms with E-state index in [0.717, 1.165) is 28.1 Å². The van der Waals surface area contributed by atoms with Gasteiger partial charge in [0.2, 0.25) is 5.91 Å². The van der Waals surface area contributed by atoms with E-state index >= 15 is 0 Å². The van der Waals surface area contributed by atoms with Crippen molar-refractivity contribution < 1.29 is 14.3 Å². The van der Waals surface area contributed by atoms with Gasteiger partial charge < -0.3 is 14.8 Å². The Morgan fingerprint density at radius 3 is 2.36 bits per heavy atom. The minimum atomic E-state index is -0.121. The molecule has 6 nitrogen and oxygen atoms in total. The van der Waals surface area contributed by atoms with Crippen LogP contribution in [0, 0.1) is 11.3 Å². The van der Waals surface area contributed by atoms with E-state index < -0.39 is 0 Å². The van der Waals surface area contributed by atoms with Gasteiger partial charge in [-0.05, 0) is 35.9 Å². The molecule has 7 heteroatoms. The van der Waals surface area contributed by atoms with E-state index in [-0.39, 0.29) is 12.3 Å². The Morgan fingerprint density at radius 2 is 1.67 bits per heavy atom. The van der Waals surface area contributed by atoms with Crippen molar-refractivity contribution in [3.63, 3.8) is 0 Å². The van der Waals surface area contributed by atoms with Gasteiger partial charge in [-0.15, -0.1) is 11.8 Å². The smallest absolute Gasteiger partial charge is 0.225 e. The molecule has 4 rings (SSSR count). The van der Waals surface area contributed by atoms with E-state index in [2.05, 4.69) is 11.4 Å². The van der Waals surface area contributed by atoms with Crippen LogP contribution in [-0.2, 0) is 4.79 Å². The predicted octanol–water partition coefficient (Wildman–Crippen LogP) is 6.43. The lowest BCUT2D eigenvalue weighted by Crippen LogP contribution is -2.12. The van der Waals surface area contributed by atoms with E-state index in [1.165, 1.54) is 11.8 Å². The minimum absolute atomic E-state index is 0.121. The van der Waals surface area contributed by atoms with Crippen molar-refractivity contribution in [3.8, 4) is 40.0 Å². The zero-order valence-corrected chi connectivity index (χ0v) is 20.8. The van der Waals surface area contributed by atoms with Gasteiger partial charge in [0, 0.05) is 35.1 Å². The number of anilines is 1. The summed E-state index contributed by atoms with van der Waals surface area (Å²) < 4.78 is 10.5. The number of methoxy groups -OCH3 is 2. The average molecular weight is 496 g/mol. The fourth-order valence-corrected chi connectivity index (χ4v) is 4.60. The van der Waals surface area contributed by atoms with E-state index in [9.17, 15) is 10.1 Å². The first-order chi connectivity index (χ1) is 17.6. The zero-order valence-electron chi connectivity index (χ0n) is 20.0. The van der Waals surface area contributed by atoms with E-state index in [1.54, 1.807) is 20.3 Å². The van der Waals surface area contributed by atoms with Crippen LogP contribution in [-0.4, -0.2) is 30.9 Å². The topological polar surface area (TPSA) is 84.2 Å². The third-order valence-electron chi connectivity index (χ3n) is 5.49. The fourth-order valence-electron chi connectivity index (χ4n) is 3.65. The molecule has 4 aromatic rings. The van der Waals surface area contributed by atoms with Gasteiger partial charge >= 0.3 is 0 Å². The Bertz CT molecular complexity index is 1380. The molecule has 0 saturated carbocycles. The molecule has 3 aromatic carbocycles. The van der Waals surface area contributed by atoms with Crippen molar-refractivity contribution in [2.45, 2.75) is 11.4 Å². The lowest BCUT2D eigenvalue weighted by atomic mass is 9.99. The van der Waals surface area contributed by atoms with Crippen molar-refractivity contribution in [2.75, 3.05) is 25.3 Å². The van der Waals surface area contributed by atoms with Crippen LogP contribution in [0.15, 0.2) is 90.0 Å². The molecule has 0 radical (unpaired) electrons. The first kappa shape index (κ1) is 24.8. The lowest BCUT2D eigenvalue weighted by molar-refractivity contribution is -0.115. The van der Waals surface area contributed by atoms with Crippen molar-refractivity contribution in [3.05, 3.63) is 90.5 Å². The number of nitrogens with zero attached hydrogens (tertiary/aromatic N) is 2. The van der Waals surface area contributed by atoms with Crippen molar-refractivity contribution >= 4 is 23.4 Å². The molecule has 0 aliphatic carbocycles. The van der Waals surface area contributed by atoms with Gasteiger partial charge in [-0.1, -0.05) is 48.5 Å². The van der Waals surface area contributed by atoms with Crippen LogP contribution < -0.4 is 14.8 Å². The largest absolute Gasteiger partial charge is 0.497 e. The number of pyridine rings is 1. The lowest BCUT2D eigenvalue weighted by Gasteiger charge is -2.13. The Labute approximate surface area is 214 Å². The molecular weight excluding hydrogens is 470 g/mol. The van der Waals surface area contributed by atoms with Crippen LogP contribution >= 0.6 is 11.8 Å². The molecule has 0 aliphatic heterocycles. The van der Waals surface area contributed by atoms with Gasteiger partial charge in [-0.2, -0.15) is 5.26 Å². The monoisotopic (exact) mass is 495 g/mol. The Hall–Kier alpha value is -4.28. The number of rotatable bonds is 9. The van der Waals surface area contributed by atoms with Crippen molar-refractivity contribution in [1.82, 2.24) is 4.98 Å². The summed E-state index contributed by atoms with van der Waals surface area (Å²) >= 11 is 1.40. The third kappa shape index (κ3) is 6.04. The molecule has 0 bridgehead atoms. The van der Waals surface area contributed by atoms with E-state index in [4.69, 9.17) is 14.5 Å². The number of thioether (sulfide) groups is 1. The quantitative estimate of drug-likeness (QED) is 0.270. The summed E-state index contributed by atoms with van der Waals surface area (Å²) in [7, 11) is 3.20. The second-order valence-corrected chi connectivity index (χ2v) is 8.90. The maximum absolute atomic E-state index is 12.5. The Morgan fingerprint density at radius 1 is 0.917 bits per heavy atom. The highest BCUT2D eigenvalue weighted by Crippen LogP contribution is 2.35. The van der Waals surface area contributed by atoms with Crippen molar-refractivity contribution in [1.29, 1.82) is 5.26 Å². The first-order valence-electron chi connectivity index (χ1n) is 11.3. The summed E-state index contributed by atoms with van der Waals surface area (Å²) in [5, 5.41) is 13.5.